The zero-order valence-corrected chi connectivity index (χ0v) is 18.0. The van der Waals surface area contributed by atoms with Gasteiger partial charge in [-0.2, -0.15) is 4.31 Å². The molecule has 1 aromatic rings. The molecule has 2 fully saturated rings. The monoisotopic (exact) mass is 445 g/mol. The van der Waals surface area contributed by atoms with Crippen LogP contribution in [0.4, 0.5) is 0 Å². The standard InChI is InChI=1S/C18H27N3O6S2/c1-28(23,24)21-8-2-3-16(14-21)18(22)19-13-15-4-6-17(7-5-15)29(25,26)20-9-11-27-12-10-20/h4-7,16H,2-3,8-14H2,1H3,(H,19,22)/t16-/m0/s1. The Morgan fingerprint density at radius 3 is 2.34 bits per heavy atom. The number of morpholine rings is 1. The molecule has 0 saturated carbocycles. The van der Waals surface area contributed by atoms with Crippen LogP contribution in [0, 0.1) is 5.92 Å². The van der Waals surface area contributed by atoms with Crippen LogP contribution < -0.4 is 5.32 Å². The Morgan fingerprint density at radius 2 is 1.72 bits per heavy atom. The highest BCUT2D eigenvalue weighted by Gasteiger charge is 2.30. The lowest BCUT2D eigenvalue weighted by Crippen LogP contribution is -2.44. The van der Waals surface area contributed by atoms with Crippen LogP contribution in [-0.2, 0) is 36.1 Å². The Balaban J connectivity index is 1.57. The highest BCUT2D eigenvalue weighted by molar-refractivity contribution is 7.89. The van der Waals surface area contributed by atoms with E-state index < -0.39 is 20.0 Å². The van der Waals surface area contributed by atoms with Gasteiger partial charge in [0.05, 0.1) is 30.3 Å². The molecule has 9 nitrogen and oxygen atoms in total. The second-order valence-electron chi connectivity index (χ2n) is 7.34. The summed E-state index contributed by atoms with van der Waals surface area (Å²) in [6, 6.07) is 6.44. The second-order valence-corrected chi connectivity index (χ2v) is 11.3. The summed E-state index contributed by atoms with van der Waals surface area (Å²) < 4.78 is 56.6. The van der Waals surface area contributed by atoms with E-state index in [9.17, 15) is 21.6 Å². The lowest BCUT2D eigenvalue weighted by molar-refractivity contribution is -0.126. The largest absolute Gasteiger partial charge is 0.379 e. The number of nitrogens with one attached hydrogen (secondary N) is 1. The summed E-state index contributed by atoms with van der Waals surface area (Å²) in [5.41, 5.74) is 0.773. The lowest BCUT2D eigenvalue weighted by Gasteiger charge is -2.30. The van der Waals surface area contributed by atoms with E-state index in [-0.39, 0.29) is 29.8 Å². The summed E-state index contributed by atoms with van der Waals surface area (Å²) in [4.78, 5) is 12.6. The maximum absolute atomic E-state index is 12.6. The molecule has 0 unspecified atom stereocenters. The number of rotatable bonds is 6. The number of ether oxygens (including phenoxy) is 1. The van der Waals surface area contributed by atoms with Crippen LogP contribution in [-0.4, -0.2) is 77.0 Å². The Morgan fingerprint density at radius 1 is 1.07 bits per heavy atom. The molecule has 0 bridgehead atoms. The van der Waals surface area contributed by atoms with Crippen LogP contribution in [0.3, 0.4) is 0 Å². The summed E-state index contributed by atoms with van der Waals surface area (Å²) in [7, 11) is -6.85. The molecule has 2 saturated heterocycles. The summed E-state index contributed by atoms with van der Waals surface area (Å²) in [5.74, 6) is -0.567. The van der Waals surface area contributed by atoms with Crippen LogP contribution in [0.15, 0.2) is 29.2 Å². The number of benzene rings is 1. The van der Waals surface area contributed by atoms with Gasteiger partial charge in [-0.3, -0.25) is 4.79 Å². The molecule has 29 heavy (non-hydrogen) atoms. The fourth-order valence-electron chi connectivity index (χ4n) is 3.51. The molecule has 0 aliphatic carbocycles. The van der Waals surface area contributed by atoms with Crippen LogP contribution in [0.5, 0.6) is 0 Å². The van der Waals surface area contributed by atoms with Crippen molar-refractivity contribution < 1.29 is 26.4 Å². The molecule has 1 N–H and O–H groups in total. The van der Waals surface area contributed by atoms with Crippen molar-refractivity contribution in [2.45, 2.75) is 24.3 Å². The van der Waals surface area contributed by atoms with Gasteiger partial charge in [-0.05, 0) is 30.5 Å². The SMILES string of the molecule is CS(=O)(=O)N1CCC[C@H](C(=O)NCc2ccc(S(=O)(=O)N3CCOCC3)cc2)C1. The summed E-state index contributed by atoms with van der Waals surface area (Å²) >= 11 is 0. The molecule has 0 radical (unpaired) electrons. The van der Waals surface area contributed by atoms with Crippen molar-refractivity contribution in [3.63, 3.8) is 0 Å². The first-order valence-corrected chi connectivity index (χ1v) is 12.9. The molecule has 1 amide bonds. The number of hydrogen-bond donors (Lipinski definition) is 1. The van der Waals surface area contributed by atoms with Crippen LogP contribution in [0.2, 0.25) is 0 Å². The Kier molecular flexibility index (Phi) is 6.94. The van der Waals surface area contributed by atoms with E-state index in [0.717, 1.165) is 11.8 Å². The average Bonchev–Trinajstić information content (AvgIpc) is 2.72. The van der Waals surface area contributed by atoms with Gasteiger partial charge in [-0.25, -0.2) is 21.1 Å². The normalized spacial score (nSPS) is 22.3. The third-order valence-corrected chi connectivity index (χ3v) is 8.40. The van der Waals surface area contributed by atoms with Gasteiger partial charge in [0, 0.05) is 32.7 Å². The zero-order valence-electron chi connectivity index (χ0n) is 16.4. The maximum Gasteiger partial charge on any atom is 0.243 e. The smallest absolute Gasteiger partial charge is 0.243 e. The van der Waals surface area contributed by atoms with E-state index in [1.54, 1.807) is 12.1 Å². The first-order valence-electron chi connectivity index (χ1n) is 9.57. The Bertz CT molecular complexity index is 925. The fourth-order valence-corrected chi connectivity index (χ4v) is 5.83. The van der Waals surface area contributed by atoms with Crippen molar-refractivity contribution in [1.29, 1.82) is 0 Å². The molecule has 11 heteroatoms. The summed E-state index contributed by atoms with van der Waals surface area (Å²) in [5, 5.41) is 2.83. The molecular formula is C18H27N3O6S2. The summed E-state index contributed by atoms with van der Waals surface area (Å²) in [6.07, 6.45) is 2.45. The van der Waals surface area contributed by atoms with E-state index in [2.05, 4.69) is 5.32 Å². The zero-order chi connectivity index (χ0) is 21.1. The third-order valence-electron chi connectivity index (χ3n) is 5.22. The number of amides is 1. The molecule has 1 atom stereocenters. The minimum absolute atomic E-state index is 0.191. The van der Waals surface area contributed by atoms with Crippen molar-refractivity contribution in [1.82, 2.24) is 13.9 Å². The van der Waals surface area contributed by atoms with Crippen LogP contribution >= 0.6 is 0 Å². The van der Waals surface area contributed by atoms with Gasteiger partial charge in [0.1, 0.15) is 0 Å². The highest BCUT2D eigenvalue weighted by Crippen LogP contribution is 2.20. The van der Waals surface area contributed by atoms with Crippen molar-refractivity contribution in [3.05, 3.63) is 29.8 Å². The first kappa shape index (κ1) is 22.2. The molecule has 2 heterocycles. The van der Waals surface area contributed by atoms with Gasteiger partial charge in [0.2, 0.25) is 26.0 Å². The third kappa shape index (κ3) is 5.54. The number of sulfonamides is 2. The van der Waals surface area contributed by atoms with Gasteiger partial charge < -0.3 is 10.1 Å². The maximum atomic E-state index is 12.6. The average molecular weight is 446 g/mol. The predicted molar refractivity (Wildman–Crippen MR) is 107 cm³/mol. The quantitative estimate of drug-likeness (QED) is 0.659. The molecule has 0 aromatic heterocycles. The van der Waals surface area contributed by atoms with Gasteiger partial charge >= 0.3 is 0 Å². The fraction of sp³-hybridized carbons (Fsp3) is 0.611. The topological polar surface area (TPSA) is 113 Å². The Hall–Kier alpha value is -1.53. The van der Waals surface area contributed by atoms with E-state index in [0.29, 0.717) is 45.7 Å². The van der Waals surface area contributed by atoms with E-state index in [1.165, 1.54) is 20.7 Å². The molecule has 1 aromatic carbocycles. The van der Waals surface area contributed by atoms with Crippen molar-refractivity contribution >= 4 is 26.0 Å². The van der Waals surface area contributed by atoms with Gasteiger partial charge in [0.25, 0.3) is 0 Å². The summed E-state index contributed by atoms with van der Waals surface area (Å²) in [6.45, 7) is 2.36. The number of nitrogens with zero attached hydrogens (tertiary/aromatic N) is 2. The predicted octanol–water partition coefficient (Wildman–Crippen LogP) is -0.00470. The first-order chi connectivity index (χ1) is 13.7. The van der Waals surface area contributed by atoms with Gasteiger partial charge in [-0.1, -0.05) is 12.1 Å². The van der Waals surface area contributed by atoms with Gasteiger partial charge in [0.15, 0.2) is 0 Å². The molecule has 162 valence electrons. The van der Waals surface area contributed by atoms with Gasteiger partial charge in [-0.15, -0.1) is 0 Å². The minimum atomic E-state index is -3.54. The Labute approximate surface area is 172 Å². The van der Waals surface area contributed by atoms with E-state index in [4.69, 9.17) is 4.74 Å². The lowest BCUT2D eigenvalue weighted by atomic mass is 9.99. The highest BCUT2D eigenvalue weighted by atomic mass is 32.2. The molecule has 3 rings (SSSR count). The number of carbonyl (C=O) groups excluding carboxylic acids is 1. The van der Waals surface area contributed by atoms with E-state index in [1.807, 2.05) is 0 Å². The van der Waals surface area contributed by atoms with Crippen molar-refractivity contribution in [2.75, 3.05) is 45.6 Å². The van der Waals surface area contributed by atoms with Crippen LogP contribution in [0.1, 0.15) is 18.4 Å². The van der Waals surface area contributed by atoms with Crippen molar-refractivity contribution in [3.8, 4) is 0 Å². The molecular weight excluding hydrogens is 418 g/mol. The minimum Gasteiger partial charge on any atom is -0.379 e. The van der Waals surface area contributed by atoms with E-state index >= 15 is 0 Å². The molecule has 2 aliphatic heterocycles. The molecule has 2 aliphatic rings. The second kappa shape index (κ2) is 9.09. The number of piperidine rings is 1. The number of hydrogen-bond acceptors (Lipinski definition) is 6. The van der Waals surface area contributed by atoms with Crippen molar-refractivity contribution in [2.24, 2.45) is 5.92 Å². The van der Waals surface area contributed by atoms with Crippen LogP contribution in [0.25, 0.3) is 0 Å². The number of carbonyl (C=O) groups is 1. The molecule has 0 spiro atoms.